The highest BCUT2D eigenvalue weighted by atomic mass is 16.4. The Kier molecular flexibility index (Phi) is 2.85. The van der Waals surface area contributed by atoms with Crippen LogP contribution in [0.15, 0.2) is 23.8 Å². The van der Waals surface area contributed by atoms with Gasteiger partial charge < -0.3 is 5.11 Å². The van der Waals surface area contributed by atoms with Crippen molar-refractivity contribution in [3.63, 3.8) is 0 Å². The van der Waals surface area contributed by atoms with Gasteiger partial charge in [0, 0.05) is 6.42 Å². The van der Waals surface area contributed by atoms with Crippen molar-refractivity contribution in [2.24, 2.45) is 0 Å². The molecule has 3 N–H and O–H groups in total. The maximum atomic E-state index is 10.6. The predicted molar refractivity (Wildman–Crippen MR) is 50.3 cm³/mol. The van der Waals surface area contributed by atoms with E-state index in [0.717, 1.165) is 0 Å². The molecule has 0 saturated heterocycles. The van der Waals surface area contributed by atoms with Crippen LogP contribution in [0, 0.1) is 0 Å². The normalized spacial score (nSPS) is 19.7. The fourth-order valence-electron chi connectivity index (χ4n) is 1.29. The van der Waals surface area contributed by atoms with Crippen molar-refractivity contribution in [3.8, 4) is 0 Å². The highest BCUT2D eigenvalue weighted by Gasteiger charge is 2.24. The first-order valence-corrected chi connectivity index (χ1v) is 4.14. The summed E-state index contributed by atoms with van der Waals surface area (Å²) in [7, 11) is 3.67. The molecule has 0 heterocycles. The Morgan fingerprint density at radius 3 is 2.46 bits per heavy atom. The first kappa shape index (κ1) is 9.95. The van der Waals surface area contributed by atoms with E-state index in [1.165, 1.54) is 0 Å². The van der Waals surface area contributed by atoms with Crippen LogP contribution in [0.4, 0.5) is 0 Å². The lowest BCUT2D eigenvalue weighted by Crippen LogP contribution is -2.52. The SMILES string of the molecule is CNC1(NC)C=CC(C(=O)O)=CC1. The third-order valence-electron chi connectivity index (χ3n) is 2.33. The molecule has 0 saturated carbocycles. The average Bonchev–Trinajstić information content (AvgIpc) is 2.18. The van der Waals surface area contributed by atoms with Gasteiger partial charge in [-0.2, -0.15) is 0 Å². The highest BCUT2D eigenvalue weighted by molar-refractivity contribution is 5.90. The second kappa shape index (κ2) is 3.72. The minimum Gasteiger partial charge on any atom is -0.478 e. The number of hydrogen-bond acceptors (Lipinski definition) is 3. The van der Waals surface area contributed by atoms with Crippen molar-refractivity contribution in [3.05, 3.63) is 23.8 Å². The van der Waals surface area contributed by atoms with Gasteiger partial charge in [0.25, 0.3) is 0 Å². The maximum absolute atomic E-state index is 10.6. The van der Waals surface area contributed by atoms with E-state index in [-0.39, 0.29) is 5.66 Å². The second-order valence-electron chi connectivity index (χ2n) is 2.97. The lowest BCUT2D eigenvalue weighted by Gasteiger charge is -2.31. The van der Waals surface area contributed by atoms with E-state index in [1.54, 1.807) is 12.2 Å². The van der Waals surface area contributed by atoms with Gasteiger partial charge in [-0.25, -0.2) is 4.79 Å². The zero-order chi connectivity index (χ0) is 9.90. The van der Waals surface area contributed by atoms with Gasteiger partial charge in [-0.3, -0.25) is 10.6 Å². The summed E-state index contributed by atoms with van der Waals surface area (Å²) >= 11 is 0. The van der Waals surface area contributed by atoms with Gasteiger partial charge in [0.05, 0.1) is 11.2 Å². The first-order valence-electron chi connectivity index (χ1n) is 4.14. The van der Waals surface area contributed by atoms with Crippen LogP contribution in [0.25, 0.3) is 0 Å². The van der Waals surface area contributed by atoms with Crippen LogP contribution < -0.4 is 10.6 Å². The van der Waals surface area contributed by atoms with Crippen molar-refractivity contribution < 1.29 is 9.90 Å². The van der Waals surface area contributed by atoms with E-state index in [9.17, 15) is 4.79 Å². The molecule has 0 aliphatic heterocycles. The molecule has 0 fully saturated rings. The molecule has 0 atom stereocenters. The number of hydrogen-bond donors (Lipinski definition) is 3. The summed E-state index contributed by atoms with van der Waals surface area (Å²) in [6.45, 7) is 0. The number of carboxylic acids is 1. The number of likely N-dealkylation sites (N-methyl/N-ethyl adjacent to an activating group) is 2. The quantitative estimate of drug-likeness (QED) is 0.541. The predicted octanol–water partition coefficient (Wildman–Crippen LogP) is 0.0924. The molecule has 0 aromatic carbocycles. The fourth-order valence-corrected chi connectivity index (χ4v) is 1.29. The largest absolute Gasteiger partial charge is 0.478 e. The molecule has 0 aromatic rings. The molecule has 13 heavy (non-hydrogen) atoms. The van der Waals surface area contributed by atoms with Crippen molar-refractivity contribution in [1.29, 1.82) is 0 Å². The number of aliphatic carboxylic acids is 1. The number of rotatable bonds is 3. The molecule has 0 amide bonds. The molecule has 1 rings (SSSR count). The van der Waals surface area contributed by atoms with Crippen molar-refractivity contribution in [2.45, 2.75) is 12.1 Å². The number of nitrogens with one attached hydrogen (secondary N) is 2. The molecule has 0 aromatic heterocycles. The van der Waals surface area contributed by atoms with Crippen LogP contribution in [0.2, 0.25) is 0 Å². The maximum Gasteiger partial charge on any atom is 0.335 e. The Hall–Kier alpha value is -1.13. The minimum atomic E-state index is -0.878. The summed E-state index contributed by atoms with van der Waals surface area (Å²) in [5, 5.41) is 14.9. The van der Waals surface area contributed by atoms with Crippen LogP contribution in [-0.2, 0) is 4.79 Å². The molecule has 0 spiro atoms. The van der Waals surface area contributed by atoms with E-state index >= 15 is 0 Å². The Balaban J connectivity index is 2.77. The van der Waals surface area contributed by atoms with Crippen LogP contribution in [0.5, 0.6) is 0 Å². The van der Waals surface area contributed by atoms with Gasteiger partial charge >= 0.3 is 5.97 Å². The molecule has 0 bridgehead atoms. The average molecular weight is 182 g/mol. The number of carboxylic acid groups (broad SMARTS) is 1. The van der Waals surface area contributed by atoms with Crippen LogP contribution in [0.1, 0.15) is 6.42 Å². The van der Waals surface area contributed by atoms with Gasteiger partial charge in [-0.15, -0.1) is 0 Å². The fraction of sp³-hybridized carbons (Fsp3) is 0.444. The number of carbonyl (C=O) groups is 1. The van der Waals surface area contributed by atoms with Gasteiger partial charge in [-0.05, 0) is 26.2 Å². The molecule has 4 heteroatoms. The molecule has 72 valence electrons. The summed E-state index contributed by atoms with van der Waals surface area (Å²) in [6.07, 6.45) is 5.78. The van der Waals surface area contributed by atoms with Crippen LogP contribution >= 0.6 is 0 Å². The first-order chi connectivity index (χ1) is 6.13. The van der Waals surface area contributed by atoms with Gasteiger partial charge in [0.1, 0.15) is 0 Å². The summed E-state index contributed by atoms with van der Waals surface area (Å²) in [5.74, 6) is -0.878. The Labute approximate surface area is 77.3 Å². The van der Waals surface area contributed by atoms with E-state index in [0.29, 0.717) is 12.0 Å². The van der Waals surface area contributed by atoms with E-state index in [4.69, 9.17) is 5.11 Å². The monoisotopic (exact) mass is 182 g/mol. The second-order valence-corrected chi connectivity index (χ2v) is 2.97. The Morgan fingerprint density at radius 2 is 2.15 bits per heavy atom. The van der Waals surface area contributed by atoms with Crippen LogP contribution in [-0.4, -0.2) is 30.8 Å². The molecule has 4 nitrogen and oxygen atoms in total. The molecule has 1 aliphatic rings. The third kappa shape index (κ3) is 1.96. The Morgan fingerprint density at radius 1 is 1.54 bits per heavy atom. The zero-order valence-corrected chi connectivity index (χ0v) is 7.79. The third-order valence-corrected chi connectivity index (χ3v) is 2.33. The summed E-state index contributed by atoms with van der Waals surface area (Å²) < 4.78 is 0. The standard InChI is InChI=1S/C9H14N2O2/c1-10-9(11-2)5-3-7(4-6-9)8(12)13/h3-5,10-11H,6H2,1-2H3,(H,12,13). The molecular weight excluding hydrogens is 168 g/mol. The van der Waals surface area contributed by atoms with Crippen molar-refractivity contribution >= 4 is 5.97 Å². The lowest BCUT2D eigenvalue weighted by molar-refractivity contribution is -0.132. The van der Waals surface area contributed by atoms with Crippen molar-refractivity contribution in [2.75, 3.05) is 14.1 Å². The molecular formula is C9H14N2O2. The summed E-state index contributed by atoms with van der Waals surface area (Å²) in [4.78, 5) is 10.6. The molecule has 0 unspecified atom stereocenters. The Bertz CT molecular complexity index is 265. The molecule has 0 radical (unpaired) electrons. The lowest BCUT2D eigenvalue weighted by atomic mass is 9.97. The zero-order valence-electron chi connectivity index (χ0n) is 7.79. The van der Waals surface area contributed by atoms with Gasteiger partial charge in [0.15, 0.2) is 0 Å². The van der Waals surface area contributed by atoms with Crippen LogP contribution in [0.3, 0.4) is 0 Å². The molecule has 1 aliphatic carbocycles. The highest BCUT2D eigenvalue weighted by Crippen LogP contribution is 2.17. The minimum absolute atomic E-state index is 0.293. The smallest absolute Gasteiger partial charge is 0.335 e. The summed E-state index contributed by atoms with van der Waals surface area (Å²) in [6, 6.07) is 0. The van der Waals surface area contributed by atoms with Gasteiger partial charge in [0.2, 0.25) is 0 Å². The topological polar surface area (TPSA) is 61.4 Å². The van der Waals surface area contributed by atoms with Crippen molar-refractivity contribution in [1.82, 2.24) is 10.6 Å². The van der Waals surface area contributed by atoms with E-state index in [2.05, 4.69) is 10.6 Å². The van der Waals surface area contributed by atoms with Gasteiger partial charge in [-0.1, -0.05) is 6.08 Å². The van der Waals surface area contributed by atoms with E-state index in [1.807, 2.05) is 20.2 Å². The van der Waals surface area contributed by atoms with E-state index < -0.39 is 5.97 Å². The summed E-state index contributed by atoms with van der Waals surface area (Å²) in [5.41, 5.74) is 0.0556.